The van der Waals surface area contributed by atoms with Crippen LogP contribution >= 0.6 is 0 Å². The van der Waals surface area contributed by atoms with E-state index < -0.39 is 0 Å². The van der Waals surface area contributed by atoms with Crippen molar-refractivity contribution >= 4 is 5.69 Å². The highest BCUT2D eigenvalue weighted by Crippen LogP contribution is 2.21. The van der Waals surface area contributed by atoms with E-state index in [0.717, 1.165) is 62.6 Å². The lowest BCUT2D eigenvalue weighted by Gasteiger charge is -2.30. The van der Waals surface area contributed by atoms with Crippen LogP contribution in [0.1, 0.15) is 16.8 Å². The number of ether oxygens (including phenoxy) is 1. The van der Waals surface area contributed by atoms with Gasteiger partial charge in [0.1, 0.15) is 5.82 Å². The summed E-state index contributed by atoms with van der Waals surface area (Å²) in [4.78, 5) is 29.1. The minimum absolute atomic E-state index is 0.0339. The number of morpholine rings is 1. The van der Waals surface area contributed by atoms with Crippen LogP contribution < -0.4 is 10.5 Å². The van der Waals surface area contributed by atoms with Gasteiger partial charge in [-0.05, 0) is 36.2 Å². The van der Waals surface area contributed by atoms with Crippen LogP contribution in [-0.2, 0) is 24.2 Å². The Bertz CT molecular complexity index is 1060. The number of H-pyrrole nitrogens is 1. The van der Waals surface area contributed by atoms with Crippen LogP contribution in [-0.4, -0.2) is 52.7 Å². The predicted molar refractivity (Wildman–Crippen MR) is 115 cm³/mol. The van der Waals surface area contributed by atoms with Crippen molar-refractivity contribution in [2.45, 2.75) is 19.5 Å². The second-order valence-corrected chi connectivity index (χ2v) is 7.81. The third-order valence-electron chi connectivity index (χ3n) is 5.81. The number of aromatic nitrogens is 3. The molecule has 4 heterocycles. The smallest absolute Gasteiger partial charge is 0.254 e. The maximum absolute atomic E-state index is 12.6. The monoisotopic (exact) mass is 403 g/mol. The van der Waals surface area contributed by atoms with Crippen molar-refractivity contribution in [2.24, 2.45) is 0 Å². The van der Waals surface area contributed by atoms with Gasteiger partial charge in [0.25, 0.3) is 5.56 Å². The zero-order valence-electron chi connectivity index (χ0n) is 16.9. The molecule has 1 saturated heterocycles. The van der Waals surface area contributed by atoms with E-state index in [1.165, 1.54) is 11.3 Å². The van der Waals surface area contributed by atoms with Gasteiger partial charge in [-0.3, -0.25) is 14.7 Å². The summed E-state index contributed by atoms with van der Waals surface area (Å²) in [5.41, 5.74) is 4.99. The molecule has 0 bridgehead atoms. The van der Waals surface area contributed by atoms with Crippen molar-refractivity contribution in [3.8, 4) is 11.4 Å². The molecule has 30 heavy (non-hydrogen) atoms. The molecule has 1 N–H and O–H groups in total. The van der Waals surface area contributed by atoms with Crippen molar-refractivity contribution in [2.75, 3.05) is 37.7 Å². The molecule has 2 aromatic heterocycles. The van der Waals surface area contributed by atoms with E-state index in [0.29, 0.717) is 12.4 Å². The largest absolute Gasteiger partial charge is 0.378 e. The summed E-state index contributed by atoms with van der Waals surface area (Å²) in [6, 6.07) is 12.6. The number of hydrogen-bond acceptors (Lipinski definition) is 6. The molecule has 0 atom stereocenters. The van der Waals surface area contributed by atoms with E-state index in [9.17, 15) is 4.79 Å². The van der Waals surface area contributed by atoms with Crippen molar-refractivity contribution < 1.29 is 4.74 Å². The van der Waals surface area contributed by atoms with Crippen LogP contribution in [0.4, 0.5) is 5.69 Å². The Hall–Kier alpha value is -3.03. The van der Waals surface area contributed by atoms with Gasteiger partial charge in [-0.1, -0.05) is 12.1 Å². The van der Waals surface area contributed by atoms with Gasteiger partial charge in [-0.2, -0.15) is 0 Å². The molecule has 0 amide bonds. The molecule has 0 unspecified atom stereocenters. The zero-order chi connectivity index (χ0) is 20.3. The number of fused-ring (bicyclic) bond motifs is 1. The zero-order valence-corrected chi connectivity index (χ0v) is 16.9. The van der Waals surface area contributed by atoms with Gasteiger partial charge in [0.05, 0.1) is 18.9 Å². The number of nitrogens with zero attached hydrogens (tertiary/aromatic N) is 4. The molecule has 0 radical (unpaired) electrons. The Balaban J connectivity index is 1.30. The van der Waals surface area contributed by atoms with E-state index >= 15 is 0 Å². The topological polar surface area (TPSA) is 74.4 Å². The minimum Gasteiger partial charge on any atom is -0.378 e. The number of aromatic amines is 1. The summed E-state index contributed by atoms with van der Waals surface area (Å²) in [6.45, 7) is 5.86. The van der Waals surface area contributed by atoms with Crippen LogP contribution in [0, 0.1) is 0 Å². The lowest BCUT2D eigenvalue weighted by Crippen LogP contribution is -2.36. The van der Waals surface area contributed by atoms with Crippen LogP contribution in [0.25, 0.3) is 11.4 Å². The Morgan fingerprint density at radius 2 is 1.90 bits per heavy atom. The Kier molecular flexibility index (Phi) is 5.29. The standard InChI is InChI=1S/C23H25N5O2/c29-23-20-7-9-27(16-21(20)25-22(26-23)18-2-1-8-24-14-18)15-17-3-5-19(6-4-17)28-10-12-30-13-11-28/h1-6,8,14H,7,9-13,15-16H2,(H,25,26,29). The van der Waals surface area contributed by atoms with Crippen molar-refractivity contribution in [1.29, 1.82) is 0 Å². The van der Waals surface area contributed by atoms with Gasteiger partial charge in [-0.15, -0.1) is 0 Å². The first-order valence-corrected chi connectivity index (χ1v) is 10.4. The van der Waals surface area contributed by atoms with Crippen molar-refractivity contribution in [1.82, 2.24) is 19.9 Å². The van der Waals surface area contributed by atoms with Gasteiger partial charge in [0.2, 0.25) is 0 Å². The maximum Gasteiger partial charge on any atom is 0.254 e. The molecule has 0 spiro atoms. The Morgan fingerprint density at radius 3 is 2.67 bits per heavy atom. The lowest BCUT2D eigenvalue weighted by atomic mass is 10.0. The summed E-state index contributed by atoms with van der Waals surface area (Å²) < 4.78 is 5.44. The molecule has 154 valence electrons. The first-order valence-electron chi connectivity index (χ1n) is 10.4. The molecule has 7 heteroatoms. The minimum atomic E-state index is -0.0339. The number of nitrogens with one attached hydrogen (secondary N) is 1. The third-order valence-corrected chi connectivity index (χ3v) is 5.81. The summed E-state index contributed by atoms with van der Waals surface area (Å²) in [5, 5.41) is 0. The Labute approximate surface area is 175 Å². The highest BCUT2D eigenvalue weighted by molar-refractivity contribution is 5.53. The molecular weight excluding hydrogens is 378 g/mol. The quantitative estimate of drug-likeness (QED) is 0.720. The number of anilines is 1. The van der Waals surface area contributed by atoms with Gasteiger partial charge >= 0.3 is 0 Å². The fraction of sp³-hybridized carbons (Fsp3) is 0.348. The van der Waals surface area contributed by atoms with Crippen LogP contribution in [0.5, 0.6) is 0 Å². The van der Waals surface area contributed by atoms with Crippen LogP contribution in [0.2, 0.25) is 0 Å². The normalized spacial score (nSPS) is 17.0. The van der Waals surface area contributed by atoms with E-state index in [1.54, 1.807) is 12.4 Å². The predicted octanol–water partition coefficient (Wildman–Crippen LogP) is 2.23. The third kappa shape index (κ3) is 3.99. The van der Waals surface area contributed by atoms with E-state index in [4.69, 9.17) is 9.72 Å². The summed E-state index contributed by atoms with van der Waals surface area (Å²) in [6.07, 6.45) is 4.16. The number of pyridine rings is 1. The molecule has 7 nitrogen and oxygen atoms in total. The fourth-order valence-corrected chi connectivity index (χ4v) is 4.16. The van der Waals surface area contributed by atoms with Gasteiger partial charge in [0.15, 0.2) is 0 Å². The average Bonchev–Trinajstić information content (AvgIpc) is 2.80. The Morgan fingerprint density at radius 1 is 1.07 bits per heavy atom. The SMILES string of the molecule is O=c1[nH]c(-c2cccnc2)nc2c1CCN(Cc1ccc(N3CCOCC3)cc1)C2. The summed E-state index contributed by atoms with van der Waals surface area (Å²) in [5.74, 6) is 0.587. The molecule has 2 aliphatic rings. The second kappa shape index (κ2) is 8.38. The highest BCUT2D eigenvalue weighted by Gasteiger charge is 2.21. The van der Waals surface area contributed by atoms with Crippen LogP contribution in [0.3, 0.4) is 0 Å². The average molecular weight is 403 g/mol. The first kappa shape index (κ1) is 19.0. The molecule has 3 aromatic rings. The fourth-order valence-electron chi connectivity index (χ4n) is 4.16. The van der Waals surface area contributed by atoms with Gasteiger partial charge < -0.3 is 14.6 Å². The molecule has 2 aliphatic heterocycles. The second-order valence-electron chi connectivity index (χ2n) is 7.81. The molecule has 1 fully saturated rings. The van der Waals surface area contributed by atoms with E-state index in [1.807, 2.05) is 12.1 Å². The number of benzene rings is 1. The van der Waals surface area contributed by atoms with Gasteiger partial charge in [-0.25, -0.2) is 4.98 Å². The lowest BCUT2D eigenvalue weighted by molar-refractivity contribution is 0.122. The molecule has 5 rings (SSSR count). The van der Waals surface area contributed by atoms with Crippen LogP contribution in [0.15, 0.2) is 53.6 Å². The van der Waals surface area contributed by atoms with Gasteiger partial charge in [0, 0.05) is 61.9 Å². The highest BCUT2D eigenvalue weighted by atomic mass is 16.5. The molecule has 0 aliphatic carbocycles. The van der Waals surface area contributed by atoms with E-state index in [-0.39, 0.29) is 5.56 Å². The molecule has 0 saturated carbocycles. The molecule has 1 aromatic carbocycles. The van der Waals surface area contributed by atoms with Crippen molar-refractivity contribution in [3.63, 3.8) is 0 Å². The summed E-state index contributed by atoms with van der Waals surface area (Å²) in [7, 11) is 0. The number of rotatable bonds is 4. The van der Waals surface area contributed by atoms with E-state index in [2.05, 4.69) is 44.0 Å². The molecular formula is C23H25N5O2. The summed E-state index contributed by atoms with van der Waals surface area (Å²) >= 11 is 0. The van der Waals surface area contributed by atoms with Crippen molar-refractivity contribution in [3.05, 3.63) is 76.0 Å². The maximum atomic E-state index is 12.6. The number of hydrogen-bond donors (Lipinski definition) is 1. The first-order chi connectivity index (χ1) is 14.8.